The van der Waals surface area contributed by atoms with Crippen LogP contribution in [0, 0.1) is 6.92 Å². The van der Waals surface area contributed by atoms with Crippen LogP contribution in [0.4, 0.5) is 0 Å². The van der Waals surface area contributed by atoms with Gasteiger partial charge < -0.3 is 19.2 Å². The van der Waals surface area contributed by atoms with E-state index in [0.717, 1.165) is 48.7 Å². The first-order valence-electron chi connectivity index (χ1n) is 10.2. The summed E-state index contributed by atoms with van der Waals surface area (Å²) in [5.41, 5.74) is 1.76. The summed E-state index contributed by atoms with van der Waals surface area (Å²) in [7, 11) is 3.26. The molecule has 1 N–H and O–H groups in total. The van der Waals surface area contributed by atoms with Crippen molar-refractivity contribution in [2.24, 2.45) is 0 Å². The minimum absolute atomic E-state index is 0.0257. The van der Waals surface area contributed by atoms with Gasteiger partial charge in [0.15, 0.2) is 0 Å². The third-order valence-corrected chi connectivity index (χ3v) is 5.49. The van der Waals surface area contributed by atoms with Crippen LogP contribution in [0.1, 0.15) is 44.1 Å². The highest BCUT2D eigenvalue weighted by Crippen LogP contribution is 2.34. The number of hydrogen-bond acceptors (Lipinski definition) is 6. The summed E-state index contributed by atoms with van der Waals surface area (Å²) in [6.07, 6.45) is 4.52. The molecule has 1 aromatic carbocycles. The Bertz CT molecular complexity index is 833. The zero-order valence-corrected chi connectivity index (χ0v) is 17.8. The van der Waals surface area contributed by atoms with E-state index in [0.29, 0.717) is 24.2 Å². The number of rotatable bonds is 8. The van der Waals surface area contributed by atoms with Crippen molar-refractivity contribution >= 4 is 5.91 Å². The molecular weight excluding hydrogens is 370 g/mol. The number of aromatic nitrogens is 1. The molecule has 0 saturated carbocycles. The summed E-state index contributed by atoms with van der Waals surface area (Å²) in [4.78, 5) is 18.4. The van der Waals surface area contributed by atoms with Crippen molar-refractivity contribution in [3.05, 3.63) is 29.7 Å². The minimum atomic E-state index is 0.0257. The number of ether oxygens (including phenoxy) is 2. The van der Waals surface area contributed by atoms with Crippen molar-refractivity contribution < 1.29 is 18.7 Å². The van der Waals surface area contributed by atoms with Gasteiger partial charge in [-0.3, -0.25) is 9.69 Å². The molecule has 7 heteroatoms. The van der Waals surface area contributed by atoms with Gasteiger partial charge in [0.05, 0.1) is 25.5 Å². The number of oxazole rings is 1. The molecule has 1 amide bonds. The number of nitrogens with zero attached hydrogens (tertiary/aromatic N) is 2. The number of nitrogens with one attached hydrogen (secondary N) is 1. The molecule has 7 nitrogen and oxygen atoms in total. The predicted molar refractivity (Wildman–Crippen MR) is 111 cm³/mol. The van der Waals surface area contributed by atoms with Gasteiger partial charge in [0.1, 0.15) is 17.3 Å². The third-order valence-electron chi connectivity index (χ3n) is 5.49. The molecule has 1 saturated heterocycles. The Labute approximate surface area is 172 Å². The summed E-state index contributed by atoms with van der Waals surface area (Å²) in [5.74, 6) is 2.80. The number of hydrogen-bond donors (Lipinski definition) is 1. The second-order valence-electron chi connectivity index (χ2n) is 7.48. The molecule has 1 unspecified atom stereocenters. The topological polar surface area (TPSA) is 76.8 Å². The summed E-state index contributed by atoms with van der Waals surface area (Å²) in [6.45, 7) is 6.02. The lowest BCUT2D eigenvalue weighted by Gasteiger charge is -2.35. The molecule has 0 radical (unpaired) electrons. The predicted octanol–water partition coefficient (Wildman–Crippen LogP) is 3.55. The lowest BCUT2D eigenvalue weighted by Crippen LogP contribution is -2.41. The van der Waals surface area contributed by atoms with Crippen molar-refractivity contribution in [1.29, 1.82) is 0 Å². The van der Waals surface area contributed by atoms with Gasteiger partial charge in [0, 0.05) is 32.1 Å². The Balaban J connectivity index is 1.75. The lowest BCUT2D eigenvalue weighted by atomic mass is 9.99. The molecule has 3 rings (SSSR count). The summed E-state index contributed by atoms with van der Waals surface area (Å²) in [5, 5.41) is 2.91. The van der Waals surface area contributed by atoms with E-state index in [4.69, 9.17) is 18.9 Å². The number of carbonyl (C=O) groups excluding carboxylic acids is 1. The molecule has 158 valence electrons. The summed E-state index contributed by atoms with van der Waals surface area (Å²) in [6, 6.07) is 6.06. The van der Waals surface area contributed by atoms with Gasteiger partial charge in [0.25, 0.3) is 0 Å². The zero-order valence-electron chi connectivity index (χ0n) is 17.8. The molecule has 1 fully saturated rings. The maximum Gasteiger partial charge on any atom is 0.230 e. The Morgan fingerprint density at radius 1 is 1.31 bits per heavy atom. The molecular formula is C22H31N3O4. The lowest BCUT2D eigenvalue weighted by molar-refractivity contribution is -0.119. The molecule has 1 aliphatic heterocycles. The molecule has 0 spiro atoms. The van der Waals surface area contributed by atoms with E-state index in [1.54, 1.807) is 21.1 Å². The highest BCUT2D eigenvalue weighted by Gasteiger charge is 2.25. The minimum Gasteiger partial charge on any atom is -0.497 e. The average Bonchev–Trinajstić information content (AvgIpc) is 3.08. The maximum absolute atomic E-state index is 11.2. The fourth-order valence-corrected chi connectivity index (χ4v) is 3.87. The molecule has 1 aliphatic rings. The van der Waals surface area contributed by atoms with Crippen LogP contribution in [0.5, 0.6) is 11.5 Å². The van der Waals surface area contributed by atoms with Gasteiger partial charge >= 0.3 is 0 Å². The molecule has 1 atom stereocenters. The first-order chi connectivity index (χ1) is 14.0. The second kappa shape index (κ2) is 9.78. The van der Waals surface area contributed by atoms with E-state index >= 15 is 0 Å². The van der Waals surface area contributed by atoms with Crippen molar-refractivity contribution in [3.8, 4) is 23.0 Å². The van der Waals surface area contributed by atoms with Crippen LogP contribution in [0.15, 0.2) is 22.6 Å². The van der Waals surface area contributed by atoms with Crippen LogP contribution in [0.2, 0.25) is 0 Å². The van der Waals surface area contributed by atoms with Crippen LogP contribution in [0.3, 0.4) is 0 Å². The quantitative estimate of drug-likeness (QED) is 0.729. The molecule has 0 aliphatic carbocycles. The van der Waals surface area contributed by atoms with E-state index in [2.05, 4.69) is 10.2 Å². The average molecular weight is 402 g/mol. The number of benzene rings is 1. The second-order valence-corrected chi connectivity index (χ2v) is 7.48. The van der Waals surface area contributed by atoms with Crippen LogP contribution in [-0.4, -0.2) is 49.1 Å². The smallest absolute Gasteiger partial charge is 0.230 e. The number of methoxy groups -OCH3 is 2. The Kier molecular flexibility index (Phi) is 7.14. The third kappa shape index (κ3) is 5.29. The largest absolute Gasteiger partial charge is 0.497 e. The fourth-order valence-electron chi connectivity index (χ4n) is 3.87. The van der Waals surface area contributed by atoms with Gasteiger partial charge in [-0.25, -0.2) is 4.98 Å². The number of carbonyl (C=O) groups is 1. The Hall–Kier alpha value is -2.54. The number of amides is 1. The standard InChI is InChI=1S/C22H31N3O4/c1-15-20(14-25-12-6-5-7-17(25)10-11-23-16(2)26)24-22(29-15)19-9-8-18(27-3)13-21(19)28-4/h8-9,13,17H,5-7,10-12,14H2,1-4H3,(H,23,26). The van der Waals surface area contributed by atoms with E-state index < -0.39 is 0 Å². The first-order valence-corrected chi connectivity index (χ1v) is 10.2. The first kappa shape index (κ1) is 21.2. The van der Waals surface area contributed by atoms with Gasteiger partial charge in [0.2, 0.25) is 11.8 Å². The Morgan fingerprint density at radius 2 is 2.14 bits per heavy atom. The van der Waals surface area contributed by atoms with E-state index in [1.165, 1.54) is 12.8 Å². The van der Waals surface area contributed by atoms with Gasteiger partial charge in [-0.2, -0.15) is 0 Å². The van der Waals surface area contributed by atoms with E-state index in [-0.39, 0.29) is 5.91 Å². The van der Waals surface area contributed by atoms with Crippen LogP contribution < -0.4 is 14.8 Å². The number of piperidine rings is 1. The van der Waals surface area contributed by atoms with Gasteiger partial charge in [-0.05, 0) is 44.9 Å². The number of likely N-dealkylation sites (tertiary alicyclic amines) is 1. The van der Waals surface area contributed by atoms with E-state index in [9.17, 15) is 4.79 Å². The van der Waals surface area contributed by atoms with Crippen LogP contribution >= 0.6 is 0 Å². The fraction of sp³-hybridized carbons (Fsp3) is 0.545. The van der Waals surface area contributed by atoms with E-state index in [1.807, 2.05) is 25.1 Å². The highest BCUT2D eigenvalue weighted by atomic mass is 16.5. The van der Waals surface area contributed by atoms with Crippen molar-refractivity contribution in [2.75, 3.05) is 27.3 Å². The summed E-state index contributed by atoms with van der Waals surface area (Å²) < 4.78 is 16.8. The monoisotopic (exact) mass is 401 g/mol. The molecule has 1 aromatic heterocycles. The molecule has 2 heterocycles. The van der Waals surface area contributed by atoms with Crippen molar-refractivity contribution in [1.82, 2.24) is 15.2 Å². The Morgan fingerprint density at radius 3 is 2.86 bits per heavy atom. The van der Waals surface area contributed by atoms with Crippen molar-refractivity contribution in [2.45, 2.75) is 52.1 Å². The molecule has 0 bridgehead atoms. The van der Waals surface area contributed by atoms with Gasteiger partial charge in [-0.15, -0.1) is 0 Å². The van der Waals surface area contributed by atoms with Gasteiger partial charge in [-0.1, -0.05) is 6.42 Å². The van der Waals surface area contributed by atoms with Crippen molar-refractivity contribution in [3.63, 3.8) is 0 Å². The van der Waals surface area contributed by atoms with Crippen LogP contribution in [0.25, 0.3) is 11.5 Å². The normalized spacial score (nSPS) is 17.2. The SMILES string of the molecule is COc1ccc(-c2nc(CN3CCCCC3CCNC(C)=O)c(C)o2)c(OC)c1. The molecule has 29 heavy (non-hydrogen) atoms. The highest BCUT2D eigenvalue weighted by molar-refractivity contribution is 5.72. The maximum atomic E-state index is 11.2. The summed E-state index contributed by atoms with van der Waals surface area (Å²) >= 11 is 0. The number of aryl methyl sites for hydroxylation is 1. The van der Waals surface area contributed by atoms with Crippen LogP contribution in [-0.2, 0) is 11.3 Å². The molecule has 2 aromatic rings. The zero-order chi connectivity index (χ0) is 20.8.